The first-order chi connectivity index (χ1) is 15.8. The fourth-order valence-corrected chi connectivity index (χ4v) is 4.08. The largest absolute Gasteiger partial charge is 0.466 e. The highest BCUT2D eigenvalue weighted by molar-refractivity contribution is 6.37. The summed E-state index contributed by atoms with van der Waals surface area (Å²) < 4.78 is 4.78. The minimum atomic E-state index is -0.649. The van der Waals surface area contributed by atoms with Crippen LogP contribution in [0.1, 0.15) is 26.3 Å². The molecule has 0 saturated carbocycles. The first kappa shape index (κ1) is 22.5. The molecule has 170 valence electrons. The number of fused-ring (bicyclic) bond motifs is 1. The van der Waals surface area contributed by atoms with E-state index in [2.05, 4.69) is 5.32 Å². The zero-order valence-electron chi connectivity index (χ0n) is 17.8. The minimum Gasteiger partial charge on any atom is -0.466 e. The van der Waals surface area contributed by atoms with E-state index in [0.717, 1.165) is 4.90 Å². The van der Waals surface area contributed by atoms with E-state index in [4.69, 9.17) is 16.3 Å². The molecule has 0 spiro atoms. The molecule has 2 aliphatic heterocycles. The number of aliphatic hydroxyl groups excluding tert-OH is 1. The van der Waals surface area contributed by atoms with E-state index in [0.29, 0.717) is 22.0 Å². The maximum Gasteiger partial charge on any atom is 0.337 e. The molecule has 4 rings (SSSR count). The van der Waals surface area contributed by atoms with Gasteiger partial charge in [-0.15, -0.1) is 0 Å². The van der Waals surface area contributed by atoms with Crippen molar-refractivity contribution in [1.29, 1.82) is 0 Å². The van der Waals surface area contributed by atoms with Gasteiger partial charge in [0.15, 0.2) is 0 Å². The molecule has 33 heavy (non-hydrogen) atoms. The van der Waals surface area contributed by atoms with Crippen molar-refractivity contribution >= 4 is 46.7 Å². The number of β-amino-alcohol motifs (C(OH)–C–C–N with tert-alkyl or cyclic N) is 1. The molecule has 0 saturated heterocycles. The summed E-state index contributed by atoms with van der Waals surface area (Å²) in [6.45, 7) is 1.57. The molecule has 2 aromatic carbocycles. The highest BCUT2D eigenvalue weighted by Crippen LogP contribution is 2.33. The Labute approximate surface area is 194 Å². The Kier molecular flexibility index (Phi) is 5.92. The van der Waals surface area contributed by atoms with Gasteiger partial charge in [0.25, 0.3) is 17.7 Å². The highest BCUT2D eigenvalue weighted by atomic mass is 35.5. The molecule has 0 bridgehead atoms. The van der Waals surface area contributed by atoms with E-state index in [-0.39, 0.29) is 42.1 Å². The van der Waals surface area contributed by atoms with Gasteiger partial charge in [-0.2, -0.15) is 0 Å². The summed E-state index contributed by atoms with van der Waals surface area (Å²) in [6.07, 6.45) is 0. The summed E-state index contributed by atoms with van der Waals surface area (Å²) in [6, 6.07) is 9.39. The molecule has 2 heterocycles. The molecule has 0 atom stereocenters. The summed E-state index contributed by atoms with van der Waals surface area (Å²) in [4.78, 5) is 53.0. The number of aryl methyl sites for hydroxylation is 1. The van der Waals surface area contributed by atoms with Crippen molar-refractivity contribution in [3.8, 4) is 0 Å². The predicted molar refractivity (Wildman–Crippen MR) is 120 cm³/mol. The van der Waals surface area contributed by atoms with Crippen LogP contribution in [-0.4, -0.2) is 60.5 Å². The Bertz CT molecular complexity index is 1240. The zero-order chi connectivity index (χ0) is 23.9. The predicted octanol–water partition coefficient (Wildman–Crippen LogP) is 2.12. The number of amides is 3. The average molecular weight is 470 g/mol. The van der Waals surface area contributed by atoms with E-state index in [1.54, 1.807) is 31.2 Å². The Balaban J connectivity index is 1.63. The summed E-state index contributed by atoms with van der Waals surface area (Å²) in [5.41, 5.74) is 2.18. The van der Waals surface area contributed by atoms with Crippen LogP contribution in [0.3, 0.4) is 0 Å². The normalized spacial score (nSPS) is 15.5. The van der Waals surface area contributed by atoms with Crippen molar-refractivity contribution in [3.05, 3.63) is 69.4 Å². The van der Waals surface area contributed by atoms with Crippen molar-refractivity contribution in [3.63, 3.8) is 0 Å². The average Bonchev–Trinajstić information content (AvgIpc) is 3.22. The standard InChI is InChI=1S/C23H20ClN3O6/c1-12-9-14(25-19-17(23(32)33-2)11-26(7-8-28)22(19)31)4-6-18(12)27-20(29)15-5-3-13(24)10-16(15)21(27)30/h3-6,9-10,25,28H,7-8,11H2,1-2H3. The quantitative estimate of drug-likeness (QED) is 0.491. The van der Waals surface area contributed by atoms with Gasteiger partial charge in [0.2, 0.25) is 0 Å². The number of nitrogens with one attached hydrogen (secondary N) is 1. The van der Waals surface area contributed by atoms with E-state index in [9.17, 15) is 24.3 Å². The van der Waals surface area contributed by atoms with Crippen LogP contribution in [0.5, 0.6) is 0 Å². The second-order valence-corrected chi connectivity index (χ2v) is 7.99. The van der Waals surface area contributed by atoms with Gasteiger partial charge in [-0.1, -0.05) is 11.6 Å². The van der Waals surface area contributed by atoms with E-state index < -0.39 is 23.7 Å². The van der Waals surface area contributed by atoms with E-state index in [1.807, 2.05) is 0 Å². The van der Waals surface area contributed by atoms with Gasteiger partial charge in [0.1, 0.15) is 5.70 Å². The van der Waals surface area contributed by atoms with Crippen LogP contribution in [0, 0.1) is 6.92 Å². The number of methoxy groups -OCH3 is 1. The summed E-state index contributed by atoms with van der Waals surface area (Å²) in [5.74, 6) is -2.01. The van der Waals surface area contributed by atoms with Gasteiger partial charge in [0, 0.05) is 17.3 Å². The fourth-order valence-electron chi connectivity index (χ4n) is 3.91. The number of halogens is 1. The minimum absolute atomic E-state index is 0.0169. The number of carbonyl (C=O) groups excluding carboxylic acids is 4. The molecule has 0 unspecified atom stereocenters. The van der Waals surface area contributed by atoms with Gasteiger partial charge in [-0.25, -0.2) is 9.69 Å². The third-order valence-electron chi connectivity index (χ3n) is 5.51. The Morgan fingerprint density at radius 3 is 2.48 bits per heavy atom. The molecule has 0 radical (unpaired) electrons. The number of carbonyl (C=O) groups is 4. The second kappa shape index (κ2) is 8.68. The Morgan fingerprint density at radius 1 is 1.09 bits per heavy atom. The number of rotatable bonds is 6. The maximum absolute atomic E-state index is 12.9. The van der Waals surface area contributed by atoms with Crippen LogP contribution in [0.15, 0.2) is 47.7 Å². The second-order valence-electron chi connectivity index (χ2n) is 7.56. The Hall–Kier alpha value is -3.69. The topological polar surface area (TPSA) is 116 Å². The molecule has 2 N–H and O–H groups in total. The number of benzene rings is 2. The van der Waals surface area contributed by atoms with E-state index >= 15 is 0 Å². The number of aliphatic hydroxyl groups is 1. The molecule has 0 aromatic heterocycles. The smallest absolute Gasteiger partial charge is 0.337 e. The number of hydrogen-bond acceptors (Lipinski definition) is 7. The zero-order valence-corrected chi connectivity index (χ0v) is 18.6. The maximum atomic E-state index is 12.9. The van der Waals surface area contributed by atoms with Crippen LogP contribution in [-0.2, 0) is 14.3 Å². The van der Waals surface area contributed by atoms with Crippen LogP contribution in [0.25, 0.3) is 0 Å². The number of nitrogens with zero attached hydrogens (tertiary/aromatic N) is 2. The number of imide groups is 1. The number of hydrogen-bond donors (Lipinski definition) is 2. The van der Waals surface area contributed by atoms with Crippen LogP contribution in [0.4, 0.5) is 11.4 Å². The molecular formula is C23H20ClN3O6. The van der Waals surface area contributed by atoms with Gasteiger partial charge in [0.05, 0.1) is 42.6 Å². The van der Waals surface area contributed by atoms with Crippen molar-refractivity contribution in [2.45, 2.75) is 6.92 Å². The summed E-state index contributed by atoms with van der Waals surface area (Å²) >= 11 is 5.98. The van der Waals surface area contributed by atoms with Crippen LogP contribution < -0.4 is 10.2 Å². The monoisotopic (exact) mass is 469 g/mol. The van der Waals surface area contributed by atoms with Crippen molar-refractivity contribution in [1.82, 2.24) is 4.90 Å². The molecule has 9 nitrogen and oxygen atoms in total. The Morgan fingerprint density at radius 2 is 1.82 bits per heavy atom. The molecule has 3 amide bonds. The first-order valence-corrected chi connectivity index (χ1v) is 10.4. The number of ether oxygens (including phenoxy) is 1. The molecular weight excluding hydrogens is 450 g/mol. The summed E-state index contributed by atoms with van der Waals surface area (Å²) in [5, 5.41) is 12.5. The van der Waals surface area contributed by atoms with Crippen LogP contribution in [0.2, 0.25) is 5.02 Å². The van der Waals surface area contributed by atoms with Crippen molar-refractivity contribution in [2.75, 3.05) is 37.0 Å². The molecule has 2 aromatic rings. The van der Waals surface area contributed by atoms with Gasteiger partial charge < -0.3 is 20.1 Å². The molecule has 0 fully saturated rings. The lowest BCUT2D eigenvalue weighted by molar-refractivity contribution is -0.136. The van der Waals surface area contributed by atoms with Crippen molar-refractivity contribution in [2.24, 2.45) is 0 Å². The lowest BCUT2D eigenvalue weighted by atomic mass is 10.1. The number of esters is 1. The molecule has 2 aliphatic rings. The first-order valence-electron chi connectivity index (χ1n) is 10.0. The summed E-state index contributed by atoms with van der Waals surface area (Å²) in [7, 11) is 1.22. The fraction of sp³-hybridized carbons (Fsp3) is 0.217. The lowest BCUT2D eigenvalue weighted by Gasteiger charge is -2.18. The SMILES string of the molecule is COC(=O)C1=C(Nc2ccc(N3C(=O)c4ccc(Cl)cc4C3=O)c(C)c2)C(=O)N(CCO)C1. The van der Waals surface area contributed by atoms with E-state index in [1.165, 1.54) is 24.1 Å². The third-order valence-corrected chi connectivity index (χ3v) is 5.74. The van der Waals surface area contributed by atoms with Gasteiger partial charge in [-0.3, -0.25) is 14.4 Å². The molecule has 0 aliphatic carbocycles. The van der Waals surface area contributed by atoms with Crippen LogP contribution >= 0.6 is 11.6 Å². The lowest BCUT2D eigenvalue weighted by Crippen LogP contribution is -2.31. The van der Waals surface area contributed by atoms with Crippen molar-refractivity contribution < 1.29 is 29.0 Å². The van der Waals surface area contributed by atoms with Gasteiger partial charge >= 0.3 is 5.97 Å². The molecule has 10 heteroatoms. The third kappa shape index (κ3) is 3.85. The highest BCUT2D eigenvalue weighted by Gasteiger charge is 2.38. The number of anilines is 2. The van der Waals surface area contributed by atoms with Gasteiger partial charge in [-0.05, 0) is 48.9 Å².